The minimum atomic E-state index is -0.320. The maximum atomic E-state index is 9.36. The van der Waals surface area contributed by atoms with Crippen LogP contribution in [0.1, 0.15) is 66.2 Å². The molecule has 0 saturated carbocycles. The lowest BCUT2D eigenvalue weighted by molar-refractivity contribution is 0.206. The molecule has 0 radical (unpaired) electrons. The molecular weight excluding hydrogens is 258 g/mol. The van der Waals surface area contributed by atoms with E-state index < -0.39 is 0 Å². The Morgan fingerprint density at radius 2 is 1.95 bits per heavy atom. The normalized spacial score (nSPS) is 24.1. The van der Waals surface area contributed by atoms with Crippen molar-refractivity contribution in [2.75, 3.05) is 26.7 Å². The molecule has 0 aromatic heterocycles. The first-order valence-electron chi connectivity index (χ1n) is 8.69. The summed E-state index contributed by atoms with van der Waals surface area (Å²) < 4.78 is 0. The second kappa shape index (κ2) is 8.15. The van der Waals surface area contributed by atoms with Crippen molar-refractivity contribution >= 4 is 0 Å². The van der Waals surface area contributed by atoms with E-state index in [1.807, 2.05) is 7.05 Å². The molecule has 0 amide bonds. The number of hydrogen-bond donors (Lipinski definition) is 1. The van der Waals surface area contributed by atoms with E-state index in [9.17, 15) is 5.26 Å². The second-order valence-electron chi connectivity index (χ2n) is 7.74. The van der Waals surface area contributed by atoms with Gasteiger partial charge in [0.1, 0.15) is 5.54 Å². The Kier molecular flexibility index (Phi) is 7.16. The smallest absolute Gasteiger partial charge is 0.106 e. The molecule has 3 nitrogen and oxygen atoms in total. The van der Waals surface area contributed by atoms with Crippen LogP contribution in [0, 0.1) is 22.7 Å². The molecule has 0 bridgehead atoms. The van der Waals surface area contributed by atoms with E-state index in [2.05, 4.69) is 44.0 Å². The molecule has 1 aliphatic rings. The topological polar surface area (TPSA) is 39.1 Å². The fourth-order valence-corrected chi connectivity index (χ4v) is 3.52. The minimum Gasteiger partial charge on any atom is -0.303 e. The van der Waals surface area contributed by atoms with Crippen LogP contribution >= 0.6 is 0 Å². The van der Waals surface area contributed by atoms with Crippen molar-refractivity contribution in [2.45, 2.75) is 71.8 Å². The van der Waals surface area contributed by atoms with E-state index in [-0.39, 0.29) is 5.54 Å². The van der Waals surface area contributed by atoms with Gasteiger partial charge in [0.05, 0.1) is 6.07 Å². The van der Waals surface area contributed by atoms with Gasteiger partial charge in [-0.2, -0.15) is 5.26 Å². The quantitative estimate of drug-likeness (QED) is 0.809. The predicted molar refractivity (Wildman–Crippen MR) is 90.2 cm³/mol. The van der Waals surface area contributed by atoms with E-state index in [1.165, 1.54) is 32.4 Å². The first kappa shape index (κ1) is 18.5. The van der Waals surface area contributed by atoms with Gasteiger partial charge >= 0.3 is 0 Å². The lowest BCUT2D eigenvalue weighted by Gasteiger charge is -2.30. The zero-order valence-electron chi connectivity index (χ0n) is 14.8. The molecule has 21 heavy (non-hydrogen) atoms. The highest BCUT2D eigenvalue weighted by molar-refractivity contribution is 5.05. The predicted octanol–water partition coefficient (Wildman–Crippen LogP) is 3.81. The van der Waals surface area contributed by atoms with Crippen LogP contribution in [0.5, 0.6) is 0 Å². The summed E-state index contributed by atoms with van der Waals surface area (Å²) in [4.78, 5) is 2.61. The SMILES string of the molecule is CCC(C#N)(CCCN1CCCC(C(C)(C)C)CC1)NC. The van der Waals surface area contributed by atoms with Gasteiger partial charge in [0.15, 0.2) is 0 Å². The van der Waals surface area contributed by atoms with Crippen LogP contribution in [-0.2, 0) is 0 Å². The van der Waals surface area contributed by atoms with Gasteiger partial charge in [-0.05, 0) is 76.5 Å². The molecule has 1 saturated heterocycles. The third kappa shape index (κ3) is 5.60. The molecule has 0 aliphatic carbocycles. The number of nitrogens with zero attached hydrogens (tertiary/aromatic N) is 2. The average Bonchev–Trinajstić information content (AvgIpc) is 2.69. The van der Waals surface area contributed by atoms with E-state index in [4.69, 9.17) is 0 Å². The van der Waals surface area contributed by atoms with Crippen LogP contribution in [0.3, 0.4) is 0 Å². The van der Waals surface area contributed by atoms with Crippen molar-refractivity contribution in [3.63, 3.8) is 0 Å². The summed E-state index contributed by atoms with van der Waals surface area (Å²) in [6, 6.07) is 2.46. The number of likely N-dealkylation sites (tertiary alicyclic amines) is 1. The zero-order valence-corrected chi connectivity index (χ0v) is 14.8. The Hall–Kier alpha value is -0.590. The highest BCUT2D eigenvalue weighted by Gasteiger charge is 2.28. The summed E-state index contributed by atoms with van der Waals surface area (Å²) in [5.74, 6) is 0.855. The standard InChI is InChI=1S/C18H35N3/c1-6-18(15-19,20-5)11-8-13-21-12-7-9-16(10-14-21)17(2,3)4/h16,20H,6-14H2,1-5H3. The van der Waals surface area contributed by atoms with E-state index >= 15 is 0 Å². The molecule has 122 valence electrons. The lowest BCUT2D eigenvalue weighted by Crippen LogP contribution is -2.41. The van der Waals surface area contributed by atoms with Gasteiger partial charge in [0.25, 0.3) is 0 Å². The summed E-state index contributed by atoms with van der Waals surface area (Å²) >= 11 is 0. The summed E-state index contributed by atoms with van der Waals surface area (Å²) in [6.07, 6.45) is 6.97. The Morgan fingerprint density at radius 1 is 1.24 bits per heavy atom. The fourth-order valence-electron chi connectivity index (χ4n) is 3.52. The van der Waals surface area contributed by atoms with Crippen LogP contribution in [0.2, 0.25) is 0 Å². The van der Waals surface area contributed by atoms with Crippen LogP contribution in [0.25, 0.3) is 0 Å². The van der Waals surface area contributed by atoms with Gasteiger partial charge in [-0.25, -0.2) is 0 Å². The van der Waals surface area contributed by atoms with Crippen LogP contribution < -0.4 is 5.32 Å². The van der Waals surface area contributed by atoms with Crippen molar-refractivity contribution in [2.24, 2.45) is 11.3 Å². The Balaban J connectivity index is 2.39. The van der Waals surface area contributed by atoms with E-state index in [0.29, 0.717) is 5.41 Å². The van der Waals surface area contributed by atoms with Gasteiger partial charge in [-0.1, -0.05) is 27.7 Å². The van der Waals surface area contributed by atoms with Gasteiger partial charge in [0, 0.05) is 0 Å². The summed E-state index contributed by atoms with van der Waals surface area (Å²) in [5, 5.41) is 12.6. The molecule has 1 fully saturated rings. The summed E-state index contributed by atoms with van der Waals surface area (Å²) in [7, 11) is 1.91. The fraction of sp³-hybridized carbons (Fsp3) is 0.944. The van der Waals surface area contributed by atoms with Crippen molar-refractivity contribution in [3.8, 4) is 6.07 Å². The molecule has 0 aromatic carbocycles. The van der Waals surface area contributed by atoms with Crippen molar-refractivity contribution in [1.82, 2.24) is 10.2 Å². The second-order valence-corrected chi connectivity index (χ2v) is 7.74. The largest absolute Gasteiger partial charge is 0.303 e. The van der Waals surface area contributed by atoms with E-state index in [1.54, 1.807) is 0 Å². The van der Waals surface area contributed by atoms with Crippen molar-refractivity contribution in [1.29, 1.82) is 5.26 Å². The third-order valence-corrected chi connectivity index (χ3v) is 5.42. The van der Waals surface area contributed by atoms with Crippen molar-refractivity contribution in [3.05, 3.63) is 0 Å². The molecule has 1 N–H and O–H groups in total. The van der Waals surface area contributed by atoms with Gasteiger partial charge in [-0.15, -0.1) is 0 Å². The van der Waals surface area contributed by atoms with E-state index in [0.717, 1.165) is 31.7 Å². The minimum absolute atomic E-state index is 0.320. The first-order chi connectivity index (χ1) is 9.87. The number of rotatable bonds is 6. The zero-order chi connectivity index (χ0) is 15.9. The molecule has 0 spiro atoms. The molecule has 2 atom stereocenters. The number of hydrogen-bond acceptors (Lipinski definition) is 3. The summed E-state index contributed by atoms with van der Waals surface area (Å²) in [5.41, 5.74) is 0.125. The molecule has 1 rings (SSSR count). The molecule has 1 aliphatic heterocycles. The van der Waals surface area contributed by atoms with Crippen LogP contribution in [-0.4, -0.2) is 37.1 Å². The highest BCUT2D eigenvalue weighted by Crippen LogP contribution is 2.34. The average molecular weight is 293 g/mol. The maximum Gasteiger partial charge on any atom is 0.106 e. The number of nitrogens with one attached hydrogen (secondary N) is 1. The maximum absolute atomic E-state index is 9.36. The summed E-state index contributed by atoms with van der Waals surface area (Å²) in [6.45, 7) is 12.8. The highest BCUT2D eigenvalue weighted by atomic mass is 15.1. The van der Waals surface area contributed by atoms with Crippen LogP contribution in [0.15, 0.2) is 0 Å². The Morgan fingerprint density at radius 3 is 2.48 bits per heavy atom. The lowest BCUT2D eigenvalue weighted by atomic mass is 9.77. The van der Waals surface area contributed by atoms with Crippen LogP contribution in [0.4, 0.5) is 0 Å². The molecule has 0 aromatic rings. The third-order valence-electron chi connectivity index (χ3n) is 5.42. The van der Waals surface area contributed by atoms with Crippen molar-refractivity contribution < 1.29 is 0 Å². The molecule has 1 heterocycles. The first-order valence-corrected chi connectivity index (χ1v) is 8.69. The Labute approximate surface area is 132 Å². The van der Waals surface area contributed by atoms with Gasteiger partial charge in [0.2, 0.25) is 0 Å². The molecular formula is C18H35N3. The number of nitriles is 1. The molecule has 2 unspecified atom stereocenters. The van der Waals surface area contributed by atoms with Gasteiger partial charge in [-0.3, -0.25) is 0 Å². The van der Waals surface area contributed by atoms with Gasteiger partial charge < -0.3 is 10.2 Å². The monoisotopic (exact) mass is 293 g/mol. The molecule has 3 heteroatoms. The Bertz CT molecular complexity index is 333.